The van der Waals surface area contributed by atoms with Crippen molar-refractivity contribution in [3.8, 4) is 0 Å². The summed E-state index contributed by atoms with van der Waals surface area (Å²) in [4.78, 5) is 11.8. The molecule has 1 aliphatic rings. The Hall–Kier alpha value is -1.45. The fourth-order valence-electron chi connectivity index (χ4n) is 2.31. The van der Waals surface area contributed by atoms with Crippen LogP contribution in [0.5, 0.6) is 0 Å². The molecule has 0 heterocycles. The van der Waals surface area contributed by atoms with Crippen molar-refractivity contribution in [1.82, 2.24) is 5.32 Å². The van der Waals surface area contributed by atoms with E-state index >= 15 is 0 Å². The van der Waals surface area contributed by atoms with Crippen LogP contribution in [0.3, 0.4) is 0 Å². The van der Waals surface area contributed by atoms with Crippen LogP contribution in [0.15, 0.2) is 18.2 Å². The second-order valence-corrected chi connectivity index (χ2v) is 4.69. The maximum absolute atomic E-state index is 13.4. The lowest BCUT2D eigenvalue weighted by Gasteiger charge is -2.13. The van der Waals surface area contributed by atoms with Gasteiger partial charge in [0.1, 0.15) is 17.2 Å². The molecule has 1 aromatic rings. The second-order valence-electron chi connectivity index (χ2n) is 4.69. The number of rotatable bonds is 2. The van der Waals surface area contributed by atoms with E-state index in [4.69, 9.17) is 0 Å². The number of halogens is 2. The van der Waals surface area contributed by atoms with Crippen molar-refractivity contribution in [3.63, 3.8) is 0 Å². The van der Waals surface area contributed by atoms with E-state index in [9.17, 15) is 13.6 Å². The van der Waals surface area contributed by atoms with Crippen LogP contribution >= 0.6 is 0 Å². The molecule has 0 spiro atoms. The van der Waals surface area contributed by atoms with Gasteiger partial charge in [-0.1, -0.05) is 13.0 Å². The third kappa shape index (κ3) is 2.62. The van der Waals surface area contributed by atoms with E-state index in [1.54, 1.807) is 0 Å². The topological polar surface area (TPSA) is 29.1 Å². The van der Waals surface area contributed by atoms with Crippen molar-refractivity contribution in [2.75, 3.05) is 0 Å². The van der Waals surface area contributed by atoms with Crippen LogP contribution in [0.25, 0.3) is 0 Å². The van der Waals surface area contributed by atoms with E-state index in [1.807, 2.05) is 0 Å². The van der Waals surface area contributed by atoms with Gasteiger partial charge in [0, 0.05) is 6.04 Å². The first kappa shape index (κ1) is 12.0. The fourth-order valence-corrected chi connectivity index (χ4v) is 2.31. The molecule has 0 saturated heterocycles. The lowest BCUT2D eigenvalue weighted by atomic mass is 10.1. The van der Waals surface area contributed by atoms with Gasteiger partial charge in [-0.25, -0.2) is 8.78 Å². The van der Waals surface area contributed by atoms with Gasteiger partial charge in [0.2, 0.25) is 0 Å². The summed E-state index contributed by atoms with van der Waals surface area (Å²) in [5.74, 6) is -1.72. The molecule has 2 nitrogen and oxygen atoms in total. The molecule has 1 amide bonds. The Balaban J connectivity index is 2.10. The van der Waals surface area contributed by atoms with Crippen LogP contribution in [-0.2, 0) is 0 Å². The zero-order chi connectivity index (χ0) is 12.4. The first-order chi connectivity index (χ1) is 8.08. The summed E-state index contributed by atoms with van der Waals surface area (Å²) >= 11 is 0. The van der Waals surface area contributed by atoms with Crippen LogP contribution in [0.2, 0.25) is 0 Å². The first-order valence-electron chi connectivity index (χ1n) is 5.83. The molecule has 1 N–H and O–H groups in total. The van der Waals surface area contributed by atoms with Gasteiger partial charge in [-0.3, -0.25) is 4.79 Å². The van der Waals surface area contributed by atoms with E-state index in [0.29, 0.717) is 5.92 Å². The van der Waals surface area contributed by atoms with Gasteiger partial charge < -0.3 is 5.32 Å². The third-order valence-electron chi connectivity index (χ3n) is 3.22. The van der Waals surface area contributed by atoms with Gasteiger partial charge in [-0.05, 0) is 37.3 Å². The van der Waals surface area contributed by atoms with E-state index in [2.05, 4.69) is 12.2 Å². The van der Waals surface area contributed by atoms with Gasteiger partial charge >= 0.3 is 0 Å². The van der Waals surface area contributed by atoms with Crippen molar-refractivity contribution in [3.05, 3.63) is 35.4 Å². The van der Waals surface area contributed by atoms with Crippen LogP contribution in [0.1, 0.15) is 36.5 Å². The average molecular weight is 239 g/mol. The first-order valence-corrected chi connectivity index (χ1v) is 5.83. The van der Waals surface area contributed by atoms with Crippen molar-refractivity contribution in [2.45, 2.75) is 32.2 Å². The number of amides is 1. The number of carbonyl (C=O) groups excluding carboxylic acids is 1. The van der Waals surface area contributed by atoms with Crippen LogP contribution in [0, 0.1) is 17.6 Å². The Kier molecular flexibility index (Phi) is 3.41. The molecule has 0 aromatic heterocycles. The van der Waals surface area contributed by atoms with Gasteiger partial charge in [0.05, 0.1) is 0 Å². The van der Waals surface area contributed by atoms with Crippen molar-refractivity contribution < 1.29 is 13.6 Å². The number of nitrogens with one attached hydrogen (secondary N) is 1. The van der Waals surface area contributed by atoms with Gasteiger partial charge in [-0.2, -0.15) is 0 Å². The van der Waals surface area contributed by atoms with E-state index in [-0.39, 0.29) is 6.04 Å². The number of hydrogen-bond acceptors (Lipinski definition) is 1. The smallest absolute Gasteiger partial charge is 0.257 e. The molecule has 2 unspecified atom stereocenters. The molecule has 4 heteroatoms. The second kappa shape index (κ2) is 4.82. The molecule has 0 aliphatic heterocycles. The summed E-state index contributed by atoms with van der Waals surface area (Å²) in [7, 11) is 0. The van der Waals surface area contributed by atoms with Gasteiger partial charge in [0.15, 0.2) is 0 Å². The normalized spacial score (nSPS) is 23.7. The van der Waals surface area contributed by atoms with Crippen LogP contribution in [-0.4, -0.2) is 11.9 Å². The predicted octanol–water partition coefficient (Wildman–Crippen LogP) is 2.88. The monoisotopic (exact) mass is 239 g/mol. The SMILES string of the molecule is CC1CCC(NC(=O)c2c(F)cccc2F)C1. The van der Waals surface area contributed by atoms with E-state index in [0.717, 1.165) is 31.4 Å². The molecule has 1 aliphatic carbocycles. The maximum Gasteiger partial charge on any atom is 0.257 e. The highest BCUT2D eigenvalue weighted by atomic mass is 19.1. The number of hydrogen-bond donors (Lipinski definition) is 1. The maximum atomic E-state index is 13.4. The summed E-state index contributed by atoms with van der Waals surface area (Å²) < 4.78 is 26.7. The fraction of sp³-hybridized carbons (Fsp3) is 0.462. The third-order valence-corrected chi connectivity index (χ3v) is 3.22. The molecule has 2 rings (SSSR count). The molecule has 0 bridgehead atoms. The average Bonchev–Trinajstić information content (AvgIpc) is 2.63. The number of benzene rings is 1. The quantitative estimate of drug-likeness (QED) is 0.844. The molecular weight excluding hydrogens is 224 g/mol. The zero-order valence-corrected chi connectivity index (χ0v) is 9.67. The highest BCUT2D eigenvalue weighted by molar-refractivity contribution is 5.94. The summed E-state index contributed by atoms with van der Waals surface area (Å²) in [6, 6.07) is 3.47. The molecule has 1 fully saturated rings. The lowest BCUT2D eigenvalue weighted by Crippen LogP contribution is -2.34. The van der Waals surface area contributed by atoms with Gasteiger partial charge in [0.25, 0.3) is 5.91 Å². The van der Waals surface area contributed by atoms with Crippen molar-refractivity contribution >= 4 is 5.91 Å². The minimum atomic E-state index is -0.812. The predicted molar refractivity (Wildman–Crippen MR) is 60.6 cm³/mol. The standard InChI is InChI=1S/C13H15F2NO/c1-8-5-6-9(7-8)16-13(17)12-10(14)3-2-4-11(12)15/h2-4,8-9H,5-7H2,1H3,(H,16,17). The van der Waals surface area contributed by atoms with E-state index < -0.39 is 23.1 Å². The summed E-state index contributed by atoms with van der Waals surface area (Å²) in [5.41, 5.74) is -0.480. The minimum absolute atomic E-state index is 0.0384. The zero-order valence-electron chi connectivity index (χ0n) is 9.67. The lowest BCUT2D eigenvalue weighted by molar-refractivity contribution is 0.0929. The number of carbonyl (C=O) groups is 1. The van der Waals surface area contributed by atoms with Crippen molar-refractivity contribution in [2.24, 2.45) is 5.92 Å². The molecular formula is C13H15F2NO. The molecule has 2 atom stereocenters. The molecule has 1 saturated carbocycles. The summed E-state index contributed by atoms with van der Waals surface area (Å²) in [6.45, 7) is 2.11. The van der Waals surface area contributed by atoms with E-state index in [1.165, 1.54) is 6.07 Å². The summed E-state index contributed by atoms with van der Waals surface area (Å²) in [5, 5.41) is 2.69. The Morgan fingerprint density at radius 1 is 1.29 bits per heavy atom. The van der Waals surface area contributed by atoms with Gasteiger partial charge in [-0.15, -0.1) is 0 Å². The largest absolute Gasteiger partial charge is 0.349 e. The molecule has 17 heavy (non-hydrogen) atoms. The van der Waals surface area contributed by atoms with Crippen LogP contribution in [0.4, 0.5) is 8.78 Å². The molecule has 92 valence electrons. The highest BCUT2D eigenvalue weighted by Crippen LogP contribution is 2.25. The minimum Gasteiger partial charge on any atom is -0.349 e. The van der Waals surface area contributed by atoms with Crippen LogP contribution < -0.4 is 5.32 Å². The Labute approximate surface area is 99.0 Å². The Morgan fingerprint density at radius 3 is 2.47 bits per heavy atom. The summed E-state index contributed by atoms with van der Waals surface area (Å²) in [6.07, 6.45) is 2.80. The Bertz CT molecular complexity index is 413. The molecule has 1 aromatic carbocycles. The highest BCUT2D eigenvalue weighted by Gasteiger charge is 2.25. The Morgan fingerprint density at radius 2 is 1.94 bits per heavy atom. The van der Waals surface area contributed by atoms with Crippen molar-refractivity contribution in [1.29, 1.82) is 0 Å². The molecule has 0 radical (unpaired) electrons.